The van der Waals surface area contributed by atoms with Gasteiger partial charge in [0.25, 0.3) is 5.22 Å². The summed E-state index contributed by atoms with van der Waals surface area (Å²) in [7, 11) is 0. The van der Waals surface area contributed by atoms with Crippen molar-refractivity contribution in [3.05, 3.63) is 53.1 Å². The quantitative estimate of drug-likeness (QED) is 0.612. The molecule has 0 fully saturated rings. The number of aromatic nitrogens is 2. The van der Waals surface area contributed by atoms with Crippen molar-refractivity contribution < 1.29 is 18.7 Å². The van der Waals surface area contributed by atoms with E-state index in [4.69, 9.17) is 13.9 Å². The molecule has 1 aliphatic heterocycles. The highest BCUT2D eigenvalue weighted by Gasteiger charge is 2.18. The molecule has 1 amide bonds. The molecule has 1 aliphatic rings. The van der Waals surface area contributed by atoms with Gasteiger partial charge in [0.15, 0.2) is 11.5 Å². The third-order valence-electron chi connectivity index (χ3n) is 4.76. The lowest BCUT2D eigenvalue weighted by atomic mass is 10.1. The van der Waals surface area contributed by atoms with Crippen molar-refractivity contribution in [3.63, 3.8) is 0 Å². The lowest BCUT2D eigenvalue weighted by molar-refractivity contribution is -0.119. The van der Waals surface area contributed by atoms with Crippen LogP contribution >= 0.6 is 11.8 Å². The second-order valence-corrected chi connectivity index (χ2v) is 7.79. The second-order valence-electron chi connectivity index (χ2n) is 6.86. The minimum absolute atomic E-state index is 0.119. The Balaban J connectivity index is 1.33. The van der Waals surface area contributed by atoms with Crippen LogP contribution in [-0.2, 0) is 4.79 Å². The van der Waals surface area contributed by atoms with Gasteiger partial charge in [0.1, 0.15) is 0 Å². The van der Waals surface area contributed by atoms with Gasteiger partial charge in [-0.25, -0.2) is 0 Å². The fourth-order valence-corrected chi connectivity index (χ4v) is 3.51. The van der Waals surface area contributed by atoms with E-state index in [0.717, 1.165) is 22.4 Å². The molecule has 3 aromatic rings. The Morgan fingerprint density at radius 3 is 2.76 bits per heavy atom. The van der Waals surface area contributed by atoms with Crippen LogP contribution in [0.1, 0.15) is 29.7 Å². The summed E-state index contributed by atoms with van der Waals surface area (Å²) in [6.07, 6.45) is 0. The van der Waals surface area contributed by atoms with Crippen molar-refractivity contribution in [2.24, 2.45) is 0 Å². The lowest BCUT2D eigenvalue weighted by Crippen LogP contribution is -2.28. The van der Waals surface area contributed by atoms with Crippen molar-refractivity contribution in [2.75, 3.05) is 12.5 Å². The molecule has 1 aromatic heterocycles. The maximum Gasteiger partial charge on any atom is 0.277 e. The molecule has 7 nitrogen and oxygen atoms in total. The first-order valence-electron chi connectivity index (χ1n) is 9.22. The number of ether oxygens (including phenoxy) is 2. The maximum absolute atomic E-state index is 12.3. The van der Waals surface area contributed by atoms with Crippen LogP contribution in [0.3, 0.4) is 0 Å². The highest BCUT2D eigenvalue weighted by Crippen LogP contribution is 2.34. The molecule has 0 bridgehead atoms. The van der Waals surface area contributed by atoms with Crippen molar-refractivity contribution in [2.45, 2.75) is 32.0 Å². The summed E-state index contributed by atoms with van der Waals surface area (Å²) in [5.41, 5.74) is 4.18. The summed E-state index contributed by atoms with van der Waals surface area (Å²) in [6, 6.07) is 11.5. The molecule has 4 rings (SSSR count). The van der Waals surface area contributed by atoms with E-state index in [2.05, 4.69) is 22.4 Å². The van der Waals surface area contributed by atoms with Gasteiger partial charge >= 0.3 is 0 Å². The molecule has 8 heteroatoms. The molecule has 0 saturated heterocycles. The molecule has 0 saturated carbocycles. The van der Waals surface area contributed by atoms with Crippen LogP contribution in [0, 0.1) is 13.8 Å². The van der Waals surface area contributed by atoms with Crippen LogP contribution in [0.15, 0.2) is 46.0 Å². The van der Waals surface area contributed by atoms with E-state index in [-0.39, 0.29) is 24.5 Å². The number of rotatable bonds is 6. The van der Waals surface area contributed by atoms with E-state index in [9.17, 15) is 4.79 Å². The summed E-state index contributed by atoms with van der Waals surface area (Å²) in [5.74, 6) is 1.93. The summed E-state index contributed by atoms with van der Waals surface area (Å²) in [4.78, 5) is 12.3. The van der Waals surface area contributed by atoms with Crippen LogP contribution in [0.2, 0.25) is 0 Å². The van der Waals surface area contributed by atoms with E-state index in [0.29, 0.717) is 16.9 Å². The number of benzene rings is 2. The lowest BCUT2D eigenvalue weighted by Gasteiger charge is -2.14. The SMILES string of the molecule is Cc1ccc(-c2nnc(SCC(=O)N[C@@H](C)c3ccc4c(c3)OCO4)o2)cc1C. The van der Waals surface area contributed by atoms with Gasteiger partial charge in [-0.15, -0.1) is 10.2 Å². The minimum atomic E-state index is -0.161. The van der Waals surface area contributed by atoms with E-state index in [1.165, 1.54) is 17.3 Å². The highest BCUT2D eigenvalue weighted by atomic mass is 32.2. The van der Waals surface area contributed by atoms with Gasteiger partial charge in [-0.05, 0) is 61.7 Å². The third-order valence-corrected chi connectivity index (χ3v) is 5.58. The molecule has 0 spiro atoms. The fraction of sp³-hybridized carbons (Fsp3) is 0.286. The predicted octanol–water partition coefficient (Wildman–Crippen LogP) is 4.05. The Kier molecular flexibility index (Phi) is 5.44. The van der Waals surface area contributed by atoms with Gasteiger partial charge in [0, 0.05) is 5.56 Å². The molecule has 2 heterocycles. The van der Waals surface area contributed by atoms with Gasteiger partial charge in [0.2, 0.25) is 18.6 Å². The first-order chi connectivity index (χ1) is 14.0. The standard InChI is InChI=1S/C21H21N3O4S/c1-12-4-5-16(8-13(12)2)20-23-24-21(28-20)29-10-19(25)22-14(3)15-6-7-17-18(9-15)27-11-26-17/h4-9,14H,10-11H2,1-3H3,(H,22,25)/t14-/m0/s1. The highest BCUT2D eigenvalue weighted by molar-refractivity contribution is 7.99. The molecule has 1 N–H and O–H groups in total. The van der Waals surface area contributed by atoms with Crippen LogP contribution in [-0.4, -0.2) is 28.7 Å². The van der Waals surface area contributed by atoms with Crippen LogP contribution in [0.5, 0.6) is 11.5 Å². The van der Waals surface area contributed by atoms with E-state index < -0.39 is 0 Å². The first kappa shape index (κ1) is 19.3. The molecule has 1 atom stereocenters. The fourth-order valence-electron chi connectivity index (χ4n) is 2.94. The number of fused-ring (bicyclic) bond motifs is 1. The molecular weight excluding hydrogens is 390 g/mol. The van der Waals surface area contributed by atoms with Crippen molar-refractivity contribution in [1.29, 1.82) is 0 Å². The van der Waals surface area contributed by atoms with E-state index >= 15 is 0 Å². The van der Waals surface area contributed by atoms with Gasteiger partial charge in [-0.3, -0.25) is 4.79 Å². The Morgan fingerprint density at radius 2 is 1.93 bits per heavy atom. The zero-order valence-corrected chi connectivity index (χ0v) is 17.2. The third kappa shape index (κ3) is 4.37. The number of nitrogens with one attached hydrogen (secondary N) is 1. The average molecular weight is 411 g/mol. The Labute approximate surface area is 172 Å². The average Bonchev–Trinajstić information content (AvgIpc) is 3.37. The Bertz CT molecular complexity index is 1050. The smallest absolute Gasteiger partial charge is 0.277 e. The topological polar surface area (TPSA) is 86.5 Å². The largest absolute Gasteiger partial charge is 0.454 e. The van der Waals surface area contributed by atoms with Crippen LogP contribution in [0.25, 0.3) is 11.5 Å². The van der Waals surface area contributed by atoms with Crippen molar-refractivity contribution in [1.82, 2.24) is 15.5 Å². The van der Waals surface area contributed by atoms with Crippen molar-refractivity contribution >= 4 is 17.7 Å². The normalized spacial score (nSPS) is 13.3. The molecule has 150 valence electrons. The maximum atomic E-state index is 12.3. The zero-order chi connectivity index (χ0) is 20.4. The minimum Gasteiger partial charge on any atom is -0.454 e. The summed E-state index contributed by atoms with van der Waals surface area (Å²) < 4.78 is 16.4. The predicted molar refractivity (Wildman–Crippen MR) is 109 cm³/mol. The van der Waals surface area contributed by atoms with Gasteiger partial charge in [-0.1, -0.05) is 23.9 Å². The summed E-state index contributed by atoms with van der Waals surface area (Å²) >= 11 is 1.21. The number of thioether (sulfide) groups is 1. The monoisotopic (exact) mass is 411 g/mol. The molecule has 29 heavy (non-hydrogen) atoms. The number of aryl methyl sites for hydroxylation is 2. The number of carbonyl (C=O) groups excluding carboxylic acids is 1. The van der Waals surface area contributed by atoms with Crippen molar-refractivity contribution in [3.8, 4) is 23.0 Å². The summed E-state index contributed by atoms with van der Waals surface area (Å²) in [5, 5.41) is 11.4. The van der Waals surface area contributed by atoms with Gasteiger partial charge in [0.05, 0.1) is 11.8 Å². The first-order valence-corrected chi connectivity index (χ1v) is 10.2. The molecule has 0 radical (unpaired) electrons. The van der Waals surface area contributed by atoms with Crippen LogP contribution < -0.4 is 14.8 Å². The number of nitrogens with zero attached hydrogens (tertiary/aromatic N) is 2. The molecule has 0 unspecified atom stereocenters. The number of amides is 1. The summed E-state index contributed by atoms with van der Waals surface area (Å²) in [6.45, 7) is 6.24. The Morgan fingerprint density at radius 1 is 1.10 bits per heavy atom. The number of hydrogen-bond acceptors (Lipinski definition) is 7. The molecule has 2 aromatic carbocycles. The van der Waals surface area contributed by atoms with Crippen LogP contribution in [0.4, 0.5) is 0 Å². The van der Waals surface area contributed by atoms with E-state index in [1.54, 1.807) is 0 Å². The number of carbonyl (C=O) groups is 1. The Hall–Kier alpha value is -3.00. The molecule has 0 aliphatic carbocycles. The van der Waals surface area contributed by atoms with Gasteiger partial charge in [-0.2, -0.15) is 0 Å². The van der Waals surface area contributed by atoms with E-state index in [1.807, 2.05) is 50.2 Å². The zero-order valence-electron chi connectivity index (χ0n) is 16.4. The number of hydrogen-bond donors (Lipinski definition) is 1. The van der Waals surface area contributed by atoms with Gasteiger partial charge < -0.3 is 19.2 Å². The molecular formula is C21H21N3O4S. The second kappa shape index (κ2) is 8.16.